The van der Waals surface area contributed by atoms with E-state index >= 15 is 0 Å². The Morgan fingerprint density at radius 2 is 2.00 bits per heavy atom. The molecular weight excluding hydrogens is 454 g/mol. The van der Waals surface area contributed by atoms with Crippen molar-refractivity contribution in [2.75, 3.05) is 12.0 Å². The van der Waals surface area contributed by atoms with Gasteiger partial charge in [0.05, 0.1) is 23.8 Å². The number of tetrazole rings is 1. The number of methoxy groups -OCH3 is 1. The number of nitrogens with zero attached hydrogens (tertiary/aromatic N) is 6. The maximum atomic E-state index is 12.6. The van der Waals surface area contributed by atoms with Crippen LogP contribution in [0.1, 0.15) is 73.8 Å². The zero-order chi connectivity index (χ0) is 24.6. The quantitative estimate of drug-likeness (QED) is 0.439. The fourth-order valence-electron chi connectivity index (χ4n) is 6.12. The maximum Gasteiger partial charge on any atom is 0.414 e. The molecule has 9 nitrogen and oxygen atoms in total. The van der Waals surface area contributed by atoms with Gasteiger partial charge in [-0.05, 0) is 67.2 Å². The zero-order valence-electron chi connectivity index (χ0n) is 20.7. The summed E-state index contributed by atoms with van der Waals surface area (Å²) in [6.07, 6.45) is 6.45. The lowest BCUT2D eigenvalue weighted by atomic mass is 9.85. The predicted molar refractivity (Wildman–Crippen MR) is 136 cm³/mol. The molecular formula is C27H31N7O2. The first-order valence-electron chi connectivity index (χ1n) is 12.8. The summed E-state index contributed by atoms with van der Waals surface area (Å²) in [4.78, 5) is 19.7. The number of aryl methyl sites for hydroxylation is 1. The minimum absolute atomic E-state index is 0.0860. The van der Waals surface area contributed by atoms with Gasteiger partial charge in [0, 0.05) is 30.0 Å². The van der Waals surface area contributed by atoms with Gasteiger partial charge in [-0.1, -0.05) is 36.8 Å². The average molecular weight is 486 g/mol. The summed E-state index contributed by atoms with van der Waals surface area (Å²) in [7, 11) is 1.44. The molecule has 0 unspecified atom stereocenters. The third kappa shape index (κ3) is 3.92. The van der Waals surface area contributed by atoms with Crippen LogP contribution in [0.3, 0.4) is 0 Å². The van der Waals surface area contributed by atoms with Crippen LogP contribution in [-0.4, -0.2) is 49.4 Å². The van der Waals surface area contributed by atoms with Crippen LogP contribution < -0.4 is 4.90 Å². The van der Waals surface area contributed by atoms with Crippen molar-refractivity contribution < 1.29 is 9.53 Å². The van der Waals surface area contributed by atoms with Gasteiger partial charge in [-0.15, -0.1) is 5.10 Å². The Balaban J connectivity index is 1.47. The molecule has 1 saturated carbocycles. The minimum Gasteiger partial charge on any atom is -0.452 e. The van der Waals surface area contributed by atoms with Gasteiger partial charge in [0.25, 0.3) is 0 Å². The van der Waals surface area contributed by atoms with E-state index in [-0.39, 0.29) is 12.1 Å². The van der Waals surface area contributed by atoms with Crippen molar-refractivity contribution >= 4 is 22.8 Å². The van der Waals surface area contributed by atoms with Crippen molar-refractivity contribution in [1.82, 2.24) is 30.2 Å². The molecule has 2 aliphatic rings. The number of carbonyl (C=O) groups excluding carboxylic acids is 1. The number of hydrogen-bond donors (Lipinski definition) is 1. The molecule has 186 valence electrons. The highest BCUT2D eigenvalue weighted by atomic mass is 16.5. The second kappa shape index (κ2) is 9.37. The maximum absolute atomic E-state index is 12.6. The van der Waals surface area contributed by atoms with Crippen LogP contribution >= 0.6 is 0 Å². The topological polar surface area (TPSA) is 102 Å². The van der Waals surface area contributed by atoms with E-state index in [1.165, 1.54) is 12.7 Å². The Morgan fingerprint density at radius 1 is 1.14 bits per heavy atom. The molecule has 3 atom stereocenters. The fraction of sp³-hybridized carbons (Fsp3) is 0.444. The van der Waals surface area contributed by atoms with Crippen LogP contribution in [0, 0.1) is 0 Å². The molecule has 0 radical (unpaired) electrons. The molecule has 0 bridgehead atoms. The van der Waals surface area contributed by atoms with Crippen molar-refractivity contribution in [1.29, 1.82) is 0 Å². The van der Waals surface area contributed by atoms with Crippen LogP contribution in [0.4, 0.5) is 10.5 Å². The first-order chi connectivity index (χ1) is 17.6. The number of aromatic nitrogens is 6. The van der Waals surface area contributed by atoms with Gasteiger partial charge < -0.3 is 9.30 Å². The standard InChI is InChI=1S/C27H31N7O2/c1-17-11-12-21-22(33(17)27(35)36-2)13-14-23-25(21)28-24(15-18-7-4-3-5-8-18)34(23)20-10-6-9-19(16-20)26-29-31-32-30-26/h3-5,7-8,13-14,17,19-20H,6,9-12,15-16H2,1-2H3,(H,29,30,31,32)/t17-,19+,20+/m0/s1. The summed E-state index contributed by atoms with van der Waals surface area (Å²) in [5, 5.41) is 14.8. The molecule has 4 aromatic rings. The number of benzene rings is 2. The van der Waals surface area contributed by atoms with Crippen molar-refractivity contribution in [3.8, 4) is 0 Å². The van der Waals surface area contributed by atoms with Crippen LogP contribution in [0.15, 0.2) is 42.5 Å². The number of carbonyl (C=O) groups is 1. The van der Waals surface area contributed by atoms with Gasteiger partial charge in [-0.2, -0.15) is 0 Å². The van der Waals surface area contributed by atoms with Gasteiger partial charge >= 0.3 is 6.09 Å². The number of ether oxygens (including phenoxy) is 1. The van der Waals surface area contributed by atoms with Gasteiger partial charge in [-0.3, -0.25) is 4.90 Å². The van der Waals surface area contributed by atoms with E-state index in [1.807, 2.05) is 6.07 Å². The molecule has 0 saturated heterocycles. The summed E-state index contributed by atoms with van der Waals surface area (Å²) in [6.45, 7) is 2.07. The SMILES string of the molecule is COC(=O)N1c2ccc3c(nc(Cc4ccccc4)n3[C@@H]3CCC[C@@H](c4nnn[nH]4)C3)c2CC[C@@H]1C. The Kier molecular flexibility index (Phi) is 5.91. The van der Waals surface area contributed by atoms with Crippen molar-refractivity contribution in [2.24, 2.45) is 0 Å². The molecule has 6 rings (SSSR count). The monoisotopic (exact) mass is 485 g/mol. The molecule has 1 aliphatic heterocycles. The smallest absolute Gasteiger partial charge is 0.414 e. The van der Waals surface area contributed by atoms with Gasteiger partial charge in [-0.25, -0.2) is 14.9 Å². The number of rotatable bonds is 4. The molecule has 1 amide bonds. The lowest BCUT2D eigenvalue weighted by molar-refractivity contribution is 0.175. The van der Waals surface area contributed by atoms with E-state index in [0.29, 0.717) is 12.0 Å². The molecule has 2 aromatic carbocycles. The molecule has 2 aromatic heterocycles. The minimum atomic E-state index is -0.317. The molecule has 0 spiro atoms. The van der Waals surface area contributed by atoms with Crippen molar-refractivity contribution in [3.05, 3.63) is 65.2 Å². The van der Waals surface area contributed by atoms with Gasteiger partial charge in [0.1, 0.15) is 5.82 Å². The van der Waals surface area contributed by atoms with E-state index in [0.717, 1.165) is 78.9 Å². The normalized spacial score (nSPS) is 21.9. The number of H-pyrrole nitrogens is 1. The first kappa shape index (κ1) is 22.7. The first-order valence-corrected chi connectivity index (χ1v) is 12.8. The van der Waals surface area contributed by atoms with E-state index < -0.39 is 0 Å². The number of anilines is 1. The lowest BCUT2D eigenvalue weighted by Gasteiger charge is -2.34. The molecule has 3 heterocycles. The van der Waals surface area contributed by atoms with Crippen LogP contribution in [0.2, 0.25) is 0 Å². The van der Waals surface area contributed by atoms with E-state index in [1.54, 1.807) is 4.90 Å². The van der Waals surface area contributed by atoms with Gasteiger partial charge in [0.2, 0.25) is 0 Å². The second-order valence-electron chi connectivity index (χ2n) is 10.0. The van der Waals surface area contributed by atoms with E-state index in [2.05, 4.69) is 68.5 Å². The summed E-state index contributed by atoms with van der Waals surface area (Å²) in [5.74, 6) is 2.23. The third-order valence-electron chi connectivity index (χ3n) is 7.86. The van der Waals surface area contributed by atoms with E-state index in [4.69, 9.17) is 9.72 Å². The highest BCUT2D eigenvalue weighted by molar-refractivity contribution is 5.95. The number of imidazole rings is 1. The summed E-state index contributed by atoms with van der Waals surface area (Å²) >= 11 is 0. The summed E-state index contributed by atoms with van der Waals surface area (Å²) < 4.78 is 7.58. The number of fused-ring (bicyclic) bond motifs is 3. The lowest BCUT2D eigenvalue weighted by Crippen LogP contribution is -2.42. The highest BCUT2D eigenvalue weighted by Gasteiger charge is 2.33. The fourth-order valence-corrected chi connectivity index (χ4v) is 6.12. The Morgan fingerprint density at radius 3 is 2.78 bits per heavy atom. The van der Waals surface area contributed by atoms with Crippen LogP contribution in [0.25, 0.3) is 11.0 Å². The number of hydrogen-bond acceptors (Lipinski definition) is 6. The van der Waals surface area contributed by atoms with Crippen LogP contribution in [0.5, 0.6) is 0 Å². The predicted octanol–water partition coefficient (Wildman–Crippen LogP) is 4.95. The highest BCUT2D eigenvalue weighted by Crippen LogP contribution is 2.42. The Labute approximate surface area is 209 Å². The van der Waals surface area contributed by atoms with Crippen molar-refractivity contribution in [3.63, 3.8) is 0 Å². The number of amides is 1. The average Bonchev–Trinajstić information content (AvgIpc) is 3.57. The van der Waals surface area contributed by atoms with Crippen LogP contribution in [-0.2, 0) is 17.6 Å². The molecule has 9 heteroatoms. The molecule has 36 heavy (non-hydrogen) atoms. The van der Waals surface area contributed by atoms with E-state index in [9.17, 15) is 4.79 Å². The number of aromatic amines is 1. The molecule has 1 fully saturated rings. The van der Waals surface area contributed by atoms with Gasteiger partial charge in [0.15, 0.2) is 5.82 Å². The number of nitrogens with one attached hydrogen (secondary N) is 1. The molecule has 1 aliphatic carbocycles. The molecule has 1 N–H and O–H groups in total. The third-order valence-corrected chi connectivity index (χ3v) is 7.86. The largest absolute Gasteiger partial charge is 0.452 e. The van der Waals surface area contributed by atoms with Crippen molar-refractivity contribution in [2.45, 2.75) is 69.9 Å². The zero-order valence-corrected chi connectivity index (χ0v) is 20.7. The Hall–Kier alpha value is -3.75. The summed E-state index contributed by atoms with van der Waals surface area (Å²) in [5.41, 5.74) is 5.43. The Bertz CT molecular complexity index is 1370. The summed E-state index contributed by atoms with van der Waals surface area (Å²) in [6, 6.07) is 15.1. The second-order valence-corrected chi connectivity index (χ2v) is 10.0.